The zero-order chi connectivity index (χ0) is 20.3. The highest BCUT2D eigenvalue weighted by atomic mass is 16.7. The summed E-state index contributed by atoms with van der Waals surface area (Å²) in [5, 5.41) is 12.0. The van der Waals surface area contributed by atoms with Crippen molar-refractivity contribution in [3.8, 4) is 0 Å². The van der Waals surface area contributed by atoms with E-state index in [0.717, 1.165) is 6.42 Å². The maximum absolute atomic E-state index is 12.4. The first-order valence-electron chi connectivity index (χ1n) is 9.65. The maximum Gasteiger partial charge on any atom is 0.293 e. The molecule has 8 heteroatoms. The number of quaternary nitrogens is 1. The summed E-state index contributed by atoms with van der Waals surface area (Å²) in [5.74, 6) is -0.0985. The molecule has 0 bridgehead atoms. The molecule has 27 heavy (non-hydrogen) atoms. The predicted molar refractivity (Wildman–Crippen MR) is 102 cm³/mol. The summed E-state index contributed by atoms with van der Waals surface area (Å²) in [6.45, 7) is 11.3. The minimum Gasteiger partial charge on any atom is -0.385 e. The topological polar surface area (TPSA) is 77.5 Å². The average Bonchev–Trinajstić information content (AvgIpc) is 3.11. The molecule has 1 aliphatic heterocycles. The van der Waals surface area contributed by atoms with Gasteiger partial charge in [-0.15, -0.1) is 0 Å². The average molecular weight is 390 g/mol. The number of rotatable bonds is 14. The second kappa shape index (κ2) is 12.4. The highest BCUT2D eigenvalue weighted by Gasteiger charge is 2.32. The van der Waals surface area contributed by atoms with E-state index in [1.807, 2.05) is 21.0 Å². The van der Waals surface area contributed by atoms with Gasteiger partial charge in [0.2, 0.25) is 0 Å². The zero-order valence-corrected chi connectivity index (χ0v) is 17.3. The number of aliphatic hydroxyl groups is 1. The molecule has 1 saturated heterocycles. The van der Waals surface area contributed by atoms with E-state index in [4.69, 9.17) is 18.9 Å². The number of nitrogens with zero attached hydrogens (tertiary/aromatic N) is 2. The van der Waals surface area contributed by atoms with Crippen LogP contribution in [0, 0.1) is 0 Å². The minimum atomic E-state index is -0.683. The first-order valence-corrected chi connectivity index (χ1v) is 9.65. The molecule has 1 rings (SSSR count). The Kier molecular flexibility index (Phi) is 11.1. The van der Waals surface area contributed by atoms with Gasteiger partial charge in [0.15, 0.2) is 6.29 Å². The molecule has 0 aromatic rings. The van der Waals surface area contributed by atoms with Gasteiger partial charge in [-0.2, -0.15) is 5.01 Å². The van der Waals surface area contributed by atoms with Crippen LogP contribution in [0.25, 0.3) is 0 Å². The molecule has 0 spiro atoms. The SMILES string of the molecule is C=C(C)C(=O)N(CCC)[N+](C)(C)CC(O)COCCOCCC1OCCO1. The highest BCUT2D eigenvalue weighted by Crippen LogP contribution is 2.12. The zero-order valence-electron chi connectivity index (χ0n) is 17.3. The Morgan fingerprint density at radius 3 is 2.48 bits per heavy atom. The van der Waals surface area contributed by atoms with Gasteiger partial charge in [-0.3, -0.25) is 4.79 Å². The summed E-state index contributed by atoms with van der Waals surface area (Å²) in [5.41, 5.74) is 0.492. The number of hydrogen-bond acceptors (Lipinski definition) is 6. The van der Waals surface area contributed by atoms with Crippen LogP contribution in [0.3, 0.4) is 0 Å². The van der Waals surface area contributed by atoms with E-state index < -0.39 is 6.10 Å². The molecule has 1 unspecified atom stereocenters. The smallest absolute Gasteiger partial charge is 0.293 e. The third-order valence-corrected chi connectivity index (χ3v) is 4.22. The van der Waals surface area contributed by atoms with Crippen LogP contribution in [0.4, 0.5) is 0 Å². The van der Waals surface area contributed by atoms with Crippen molar-refractivity contribution in [1.29, 1.82) is 0 Å². The normalized spacial score (nSPS) is 16.5. The number of ether oxygens (including phenoxy) is 4. The van der Waals surface area contributed by atoms with Gasteiger partial charge < -0.3 is 24.1 Å². The minimum absolute atomic E-state index is 0.0985. The van der Waals surface area contributed by atoms with E-state index in [-0.39, 0.29) is 23.4 Å². The molecule has 1 N–H and O–H groups in total. The molecule has 1 amide bonds. The van der Waals surface area contributed by atoms with Crippen LogP contribution in [0.5, 0.6) is 0 Å². The fourth-order valence-electron chi connectivity index (χ4n) is 2.91. The lowest BCUT2D eigenvalue weighted by atomic mass is 10.3. The first-order chi connectivity index (χ1) is 12.8. The molecule has 1 atom stereocenters. The van der Waals surface area contributed by atoms with Crippen molar-refractivity contribution < 1.29 is 33.4 Å². The Bertz CT molecular complexity index is 451. The summed E-state index contributed by atoms with van der Waals surface area (Å²) in [7, 11) is 3.80. The largest absolute Gasteiger partial charge is 0.385 e. The molecule has 0 aromatic carbocycles. The molecular formula is C19H37N2O6+. The number of carbonyl (C=O) groups is 1. The second-order valence-electron chi connectivity index (χ2n) is 7.31. The van der Waals surface area contributed by atoms with Crippen molar-refractivity contribution in [3.63, 3.8) is 0 Å². The van der Waals surface area contributed by atoms with Crippen molar-refractivity contribution >= 4 is 5.91 Å². The summed E-state index contributed by atoms with van der Waals surface area (Å²) < 4.78 is 21.9. The van der Waals surface area contributed by atoms with Crippen molar-refractivity contribution in [2.24, 2.45) is 0 Å². The van der Waals surface area contributed by atoms with Gasteiger partial charge in [-0.1, -0.05) is 13.5 Å². The lowest BCUT2D eigenvalue weighted by Crippen LogP contribution is -2.60. The van der Waals surface area contributed by atoms with Crippen molar-refractivity contribution in [3.05, 3.63) is 12.2 Å². The van der Waals surface area contributed by atoms with Gasteiger partial charge in [0.05, 0.1) is 60.3 Å². The molecule has 1 aliphatic rings. The first kappa shape index (κ1) is 24.0. The Hall–Kier alpha value is -1.03. The Balaban J connectivity index is 2.23. The lowest BCUT2D eigenvalue weighted by molar-refractivity contribution is -0.992. The van der Waals surface area contributed by atoms with Gasteiger partial charge in [-0.25, -0.2) is 4.59 Å². The van der Waals surface area contributed by atoms with Gasteiger partial charge >= 0.3 is 0 Å². The number of aliphatic hydroxyl groups excluding tert-OH is 1. The van der Waals surface area contributed by atoms with Crippen molar-refractivity contribution in [2.45, 2.75) is 39.1 Å². The lowest BCUT2D eigenvalue weighted by Gasteiger charge is -2.40. The fourth-order valence-corrected chi connectivity index (χ4v) is 2.91. The molecule has 0 aliphatic carbocycles. The van der Waals surface area contributed by atoms with E-state index in [2.05, 4.69) is 6.58 Å². The third-order valence-electron chi connectivity index (χ3n) is 4.22. The van der Waals surface area contributed by atoms with Gasteiger partial charge in [0.25, 0.3) is 5.91 Å². The van der Waals surface area contributed by atoms with E-state index in [9.17, 15) is 9.90 Å². The summed E-state index contributed by atoms with van der Waals surface area (Å²) >= 11 is 0. The molecule has 0 saturated carbocycles. The third kappa shape index (κ3) is 9.14. The van der Waals surface area contributed by atoms with Crippen LogP contribution < -0.4 is 0 Å². The standard InChI is InChI=1S/C19H37N2O6/c1-6-8-20(19(23)16(2)3)21(4,5)14-17(22)15-25-11-10-24-9-7-18-26-12-13-27-18/h17-18,22H,2,6-15H2,1,3-5H3/q+1. The highest BCUT2D eigenvalue weighted by molar-refractivity contribution is 5.91. The van der Waals surface area contributed by atoms with E-state index in [0.29, 0.717) is 58.1 Å². The quantitative estimate of drug-likeness (QED) is 0.206. The molecule has 0 aromatic heterocycles. The molecular weight excluding hydrogens is 352 g/mol. The Morgan fingerprint density at radius 1 is 1.26 bits per heavy atom. The number of hydrogen-bond donors (Lipinski definition) is 1. The van der Waals surface area contributed by atoms with Crippen LogP contribution in [0.1, 0.15) is 26.7 Å². The summed E-state index contributed by atoms with van der Waals surface area (Å²) in [4.78, 5) is 12.4. The number of amides is 1. The van der Waals surface area contributed by atoms with Gasteiger partial charge in [0.1, 0.15) is 12.6 Å². The summed E-state index contributed by atoms with van der Waals surface area (Å²) in [6.07, 6.45) is 0.707. The fraction of sp³-hybridized carbons (Fsp3) is 0.842. The number of likely N-dealkylation sites (N-methyl/N-ethyl adjacent to an activating group) is 1. The molecule has 158 valence electrons. The van der Waals surface area contributed by atoms with Crippen molar-refractivity contribution in [1.82, 2.24) is 5.01 Å². The van der Waals surface area contributed by atoms with Gasteiger partial charge in [-0.05, 0) is 13.3 Å². The van der Waals surface area contributed by atoms with E-state index >= 15 is 0 Å². The van der Waals surface area contributed by atoms with Crippen LogP contribution in [0.2, 0.25) is 0 Å². The van der Waals surface area contributed by atoms with Crippen LogP contribution >= 0.6 is 0 Å². The van der Waals surface area contributed by atoms with Crippen LogP contribution in [0.15, 0.2) is 12.2 Å². The molecule has 8 nitrogen and oxygen atoms in total. The predicted octanol–water partition coefficient (Wildman–Crippen LogP) is 0.950. The Morgan fingerprint density at radius 2 is 1.89 bits per heavy atom. The Labute approximate surface area is 163 Å². The van der Waals surface area contributed by atoms with Gasteiger partial charge in [0, 0.05) is 12.0 Å². The molecule has 1 heterocycles. The monoisotopic (exact) mass is 389 g/mol. The van der Waals surface area contributed by atoms with E-state index in [1.165, 1.54) is 0 Å². The molecule has 1 fully saturated rings. The van der Waals surface area contributed by atoms with Crippen molar-refractivity contribution in [2.75, 3.05) is 66.8 Å². The van der Waals surface area contributed by atoms with Crippen LogP contribution in [-0.4, -0.2) is 99.8 Å². The summed E-state index contributed by atoms with van der Waals surface area (Å²) in [6, 6.07) is 0. The van der Waals surface area contributed by atoms with E-state index in [1.54, 1.807) is 11.9 Å². The number of carbonyl (C=O) groups excluding carboxylic acids is 1. The second-order valence-corrected chi connectivity index (χ2v) is 7.31. The van der Waals surface area contributed by atoms with Crippen LogP contribution in [-0.2, 0) is 23.7 Å². The maximum atomic E-state index is 12.4. The molecule has 0 radical (unpaired) electrons.